The largest absolute Gasteiger partial charge is 0.305 e. The molecule has 0 amide bonds. The van der Waals surface area contributed by atoms with Crippen molar-refractivity contribution in [3.63, 3.8) is 0 Å². The highest BCUT2D eigenvalue weighted by Crippen LogP contribution is 2.14. The Morgan fingerprint density at radius 3 is 2.56 bits per heavy atom. The van der Waals surface area contributed by atoms with E-state index in [1.54, 1.807) is 12.1 Å². The molecule has 4 nitrogen and oxygen atoms in total. The summed E-state index contributed by atoms with van der Waals surface area (Å²) < 4.78 is 27.2. The van der Waals surface area contributed by atoms with E-state index in [-0.39, 0.29) is 6.04 Å². The first-order valence-corrected chi connectivity index (χ1v) is 7.73. The van der Waals surface area contributed by atoms with E-state index >= 15 is 0 Å². The highest BCUT2D eigenvalue weighted by molar-refractivity contribution is 7.89. The topological polar surface area (TPSA) is 49.4 Å². The first kappa shape index (κ1) is 13.5. The molecular formula is C13H20N2O2S. The van der Waals surface area contributed by atoms with Crippen molar-refractivity contribution >= 4 is 10.0 Å². The average molecular weight is 268 g/mol. The molecule has 1 atom stereocenters. The third-order valence-corrected chi connectivity index (χ3v) is 4.81. The lowest BCUT2D eigenvalue weighted by Gasteiger charge is -2.29. The molecule has 0 bridgehead atoms. The summed E-state index contributed by atoms with van der Waals surface area (Å²) in [6, 6.07) is 6.98. The van der Waals surface area contributed by atoms with Crippen molar-refractivity contribution in [1.29, 1.82) is 0 Å². The fraction of sp³-hybridized carbons (Fsp3) is 0.538. The molecule has 0 radical (unpaired) electrons. The van der Waals surface area contributed by atoms with Crippen LogP contribution in [-0.2, 0) is 10.0 Å². The second-order valence-corrected chi connectivity index (χ2v) is 6.75. The molecule has 1 heterocycles. The van der Waals surface area contributed by atoms with Crippen LogP contribution in [0.1, 0.15) is 18.4 Å². The molecule has 1 aromatic carbocycles. The molecule has 18 heavy (non-hydrogen) atoms. The molecule has 5 heteroatoms. The molecule has 1 aromatic rings. The summed E-state index contributed by atoms with van der Waals surface area (Å²) >= 11 is 0. The zero-order chi connectivity index (χ0) is 13.2. The Bertz CT molecular complexity index is 496. The summed E-state index contributed by atoms with van der Waals surface area (Å²) in [4.78, 5) is 2.51. The van der Waals surface area contributed by atoms with E-state index in [9.17, 15) is 8.42 Å². The van der Waals surface area contributed by atoms with Crippen LogP contribution < -0.4 is 4.72 Å². The minimum Gasteiger partial charge on any atom is -0.305 e. The van der Waals surface area contributed by atoms with Crippen LogP contribution in [0.5, 0.6) is 0 Å². The highest BCUT2D eigenvalue weighted by Gasteiger charge is 2.23. The van der Waals surface area contributed by atoms with Gasteiger partial charge in [-0.05, 0) is 45.5 Å². The maximum atomic E-state index is 12.2. The molecule has 0 aromatic heterocycles. The summed E-state index contributed by atoms with van der Waals surface area (Å²) in [5.41, 5.74) is 1.06. The molecule has 1 aliphatic rings. The van der Waals surface area contributed by atoms with Gasteiger partial charge in [0, 0.05) is 12.6 Å². The van der Waals surface area contributed by atoms with E-state index in [0.29, 0.717) is 4.90 Å². The number of benzene rings is 1. The standard InChI is InChI=1S/C13H20N2O2S/c1-11-5-7-13(8-6-11)18(16,17)14-12-4-3-9-15(2)10-12/h5-8,12,14H,3-4,9-10H2,1-2H3. The van der Waals surface area contributed by atoms with Gasteiger partial charge in [-0.3, -0.25) is 0 Å². The molecule has 0 saturated carbocycles. The Morgan fingerprint density at radius 1 is 1.28 bits per heavy atom. The number of hydrogen-bond acceptors (Lipinski definition) is 3. The fourth-order valence-electron chi connectivity index (χ4n) is 2.27. The van der Waals surface area contributed by atoms with Gasteiger partial charge in [-0.25, -0.2) is 13.1 Å². The number of sulfonamides is 1. The molecule has 1 N–H and O–H groups in total. The molecule has 100 valence electrons. The smallest absolute Gasteiger partial charge is 0.240 e. The van der Waals surface area contributed by atoms with Gasteiger partial charge in [-0.15, -0.1) is 0 Å². The van der Waals surface area contributed by atoms with Crippen molar-refractivity contribution < 1.29 is 8.42 Å². The summed E-state index contributed by atoms with van der Waals surface area (Å²) in [5.74, 6) is 0. The van der Waals surface area contributed by atoms with Crippen molar-refractivity contribution in [2.24, 2.45) is 0 Å². The number of likely N-dealkylation sites (tertiary alicyclic amines) is 1. The van der Waals surface area contributed by atoms with Gasteiger partial charge in [0.05, 0.1) is 4.90 Å². The van der Waals surface area contributed by atoms with Gasteiger partial charge in [0.1, 0.15) is 0 Å². The molecule has 0 aliphatic carbocycles. The van der Waals surface area contributed by atoms with E-state index in [0.717, 1.165) is 31.5 Å². The maximum Gasteiger partial charge on any atom is 0.240 e. The highest BCUT2D eigenvalue weighted by atomic mass is 32.2. The van der Waals surface area contributed by atoms with Crippen LogP contribution in [0.4, 0.5) is 0 Å². The summed E-state index contributed by atoms with van der Waals surface area (Å²) in [5, 5.41) is 0. The second kappa shape index (κ2) is 5.38. The minimum absolute atomic E-state index is 0.0232. The quantitative estimate of drug-likeness (QED) is 0.900. The summed E-state index contributed by atoms with van der Waals surface area (Å²) in [7, 11) is -1.36. The van der Waals surface area contributed by atoms with Crippen LogP contribution in [0.2, 0.25) is 0 Å². The van der Waals surface area contributed by atoms with Crippen LogP contribution in [0.3, 0.4) is 0 Å². The van der Waals surface area contributed by atoms with Crippen molar-refractivity contribution in [2.45, 2.75) is 30.7 Å². The molecule has 1 aliphatic heterocycles. The third kappa shape index (κ3) is 3.31. The van der Waals surface area contributed by atoms with Crippen LogP contribution >= 0.6 is 0 Å². The van der Waals surface area contributed by atoms with Crippen LogP contribution in [0.25, 0.3) is 0 Å². The van der Waals surface area contributed by atoms with E-state index in [1.807, 2.05) is 26.1 Å². The predicted molar refractivity (Wildman–Crippen MR) is 72.0 cm³/mol. The van der Waals surface area contributed by atoms with Gasteiger partial charge in [0.2, 0.25) is 10.0 Å². The lowest BCUT2D eigenvalue weighted by molar-refractivity contribution is 0.242. The van der Waals surface area contributed by atoms with E-state index in [2.05, 4.69) is 9.62 Å². The molecule has 2 rings (SSSR count). The normalized spacial score (nSPS) is 22.0. The van der Waals surface area contributed by atoms with E-state index < -0.39 is 10.0 Å². The Labute approximate surface area is 109 Å². The Kier molecular flexibility index (Phi) is 4.04. The lowest BCUT2D eigenvalue weighted by atomic mass is 10.1. The molecule has 1 unspecified atom stereocenters. The average Bonchev–Trinajstić information content (AvgIpc) is 2.29. The van der Waals surface area contributed by atoms with Crippen LogP contribution in [-0.4, -0.2) is 39.5 Å². The van der Waals surface area contributed by atoms with Gasteiger partial charge in [-0.1, -0.05) is 17.7 Å². The summed E-state index contributed by atoms with van der Waals surface area (Å²) in [6.45, 7) is 3.77. The maximum absolute atomic E-state index is 12.2. The first-order valence-electron chi connectivity index (χ1n) is 6.25. The number of aryl methyl sites for hydroxylation is 1. The number of likely N-dealkylation sites (N-methyl/N-ethyl adjacent to an activating group) is 1. The van der Waals surface area contributed by atoms with Gasteiger partial charge in [-0.2, -0.15) is 0 Å². The number of nitrogens with one attached hydrogen (secondary N) is 1. The lowest BCUT2D eigenvalue weighted by Crippen LogP contribution is -2.46. The van der Waals surface area contributed by atoms with Crippen molar-refractivity contribution in [1.82, 2.24) is 9.62 Å². The third-order valence-electron chi connectivity index (χ3n) is 3.28. The molecule has 1 saturated heterocycles. The molecule has 1 fully saturated rings. The Hall–Kier alpha value is -0.910. The molecular weight excluding hydrogens is 248 g/mol. The van der Waals surface area contributed by atoms with E-state index in [4.69, 9.17) is 0 Å². The Morgan fingerprint density at radius 2 is 1.94 bits per heavy atom. The minimum atomic E-state index is -3.38. The number of rotatable bonds is 3. The fourth-order valence-corrected chi connectivity index (χ4v) is 3.53. The zero-order valence-corrected chi connectivity index (χ0v) is 11.7. The zero-order valence-electron chi connectivity index (χ0n) is 10.9. The summed E-state index contributed by atoms with van der Waals surface area (Å²) in [6.07, 6.45) is 1.95. The van der Waals surface area contributed by atoms with Crippen molar-refractivity contribution in [2.75, 3.05) is 20.1 Å². The van der Waals surface area contributed by atoms with Gasteiger partial charge < -0.3 is 4.90 Å². The van der Waals surface area contributed by atoms with Crippen LogP contribution in [0.15, 0.2) is 29.2 Å². The molecule has 0 spiro atoms. The van der Waals surface area contributed by atoms with E-state index in [1.165, 1.54) is 0 Å². The monoisotopic (exact) mass is 268 g/mol. The van der Waals surface area contributed by atoms with Gasteiger partial charge in [0.25, 0.3) is 0 Å². The van der Waals surface area contributed by atoms with Gasteiger partial charge >= 0.3 is 0 Å². The van der Waals surface area contributed by atoms with Crippen LogP contribution in [0, 0.1) is 6.92 Å². The van der Waals surface area contributed by atoms with Crippen molar-refractivity contribution in [3.8, 4) is 0 Å². The predicted octanol–water partition coefficient (Wildman–Crippen LogP) is 1.37. The number of nitrogens with zero attached hydrogens (tertiary/aromatic N) is 1. The Balaban J connectivity index is 2.09. The number of hydrogen-bond donors (Lipinski definition) is 1. The first-order chi connectivity index (χ1) is 8.47. The SMILES string of the molecule is Cc1ccc(S(=O)(=O)NC2CCCN(C)C2)cc1. The van der Waals surface area contributed by atoms with Crippen molar-refractivity contribution in [3.05, 3.63) is 29.8 Å². The number of piperidine rings is 1. The second-order valence-electron chi connectivity index (χ2n) is 5.04. The van der Waals surface area contributed by atoms with Gasteiger partial charge in [0.15, 0.2) is 0 Å².